The van der Waals surface area contributed by atoms with E-state index in [0.717, 1.165) is 5.82 Å². The smallest absolute Gasteiger partial charge is 0.136 e. The van der Waals surface area contributed by atoms with Crippen LogP contribution in [0.2, 0.25) is 0 Å². The molecule has 0 atom stereocenters. The molecule has 3 aromatic rings. The van der Waals surface area contributed by atoms with Crippen molar-refractivity contribution in [1.82, 2.24) is 9.97 Å². The Bertz CT molecular complexity index is 848. The van der Waals surface area contributed by atoms with Crippen molar-refractivity contribution in [2.45, 2.75) is 20.4 Å². The Kier molecular flexibility index (Phi) is 4.70. The number of hydrogen-bond donors (Lipinski definition) is 2. The molecule has 0 spiro atoms. The standard InChI is InChI=1S/C19H19FN4/c1-13-5-3-6-15(9-13)12-21-18-11-19(23-14(2)22-18)24-17-8-4-7-16(20)10-17/h3-11H,12H2,1-2H3,(H2,21,22,23,24). The molecule has 0 aliphatic heterocycles. The highest BCUT2D eigenvalue weighted by Crippen LogP contribution is 2.18. The van der Waals surface area contributed by atoms with Crippen LogP contribution in [-0.2, 0) is 6.54 Å². The lowest BCUT2D eigenvalue weighted by atomic mass is 10.1. The number of rotatable bonds is 5. The topological polar surface area (TPSA) is 49.8 Å². The summed E-state index contributed by atoms with van der Waals surface area (Å²) in [6.45, 7) is 4.57. The number of nitrogens with zero attached hydrogens (tertiary/aromatic N) is 2. The maximum atomic E-state index is 13.3. The van der Waals surface area contributed by atoms with Gasteiger partial charge in [0.2, 0.25) is 0 Å². The van der Waals surface area contributed by atoms with Crippen molar-refractivity contribution in [3.63, 3.8) is 0 Å². The van der Waals surface area contributed by atoms with Crippen LogP contribution in [0.5, 0.6) is 0 Å². The van der Waals surface area contributed by atoms with Gasteiger partial charge >= 0.3 is 0 Å². The maximum Gasteiger partial charge on any atom is 0.136 e. The molecule has 3 rings (SSSR count). The van der Waals surface area contributed by atoms with Crippen molar-refractivity contribution in [1.29, 1.82) is 0 Å². The Morgan fingerprint density at radius 2 is 1.71 bits per heavy atom. The monoisotopic (exact) mass is 322 g/mol. The highest BCUT2D eigenvalue weighted by Gasteiger charge is 2.04. The molecule has 0 radical (unpaired) electrons. The molecule has 24 heavy (non-hydrogen) atoms. The molecule has 5 heteroatoms. The normalized spacial score (nSPS) is 10.5. The van der Waals surface area contributed by atoms with E-state index in [-0.39, 0.29) is 5.82 Å². The minimum Gasteiger partial charge on any atom is -0.366 e. The number of nitrogens with one attached hydrogen (secondary N) is 2. The lowest BCUT2D eigenvalue weighted by Crippen LogP contribution is -2.05. The minimum absolute atomic E-state index is 0.288. The summed E-state index contributed by atoms with van der Waals surface area (Å²) in [5.74, 6) is 1.70. The van der Waals surface area contributed by atoms with Crippen molar-refractivity contribution in [3.8, 4) is 0 Å². The zero-order valence-corrected chi connectivity index (χ0v) is 13.7. The SMILES string of the molecule is Cc1cccc(CNc2cc(Nc3cccc(F)c3)nc(C)n2)c1. The van der Waals surface area contributed by atoms with Crippen LogP contribution in [0.15, 0.2) is 54.6 Å². The molecular formula is C19H19FN4. The van der Waals surface area contributed by atoms with E-state index in [1.807, 2.05) is 19.1 Å². The van der Waals surface area contributed by atoms with Gasteiger partial charge in [0.05, 0.1) is 0 Å². The van der Waals surface area contributed by atoms with Gasteiger partial charge in [0, 0.05) is 18.3 Å². The number of halogens is 1. The van der Waals surface area contributed by atoms with Gasteiger partial charge in [0.1, 0.15) is 23.3 Å². The molecule has 2 aromatic carbocycles. The summed E-state index contributed by atoms with van der Waals surface area (Å²) in [5, 5.41) is 6.40. The maximum absolute atomic E-state index is 13.3. The van der Waals surface area contributed by atoms with Crippen LogP contribution in [0.4, 0.5) is 21.7 Å². The third-order valence-corrected chi connectivity index (χ3v) is 3.49. The highest BCUT2D eigenvalue weighted by molar-refractivity contribution is 5.59. The largest absolute Gasteiger partial charge is 0.366 e. The van der Waals surface area contributed by atoms with Gasteiger partial charge in [-0.2, -0.15) is 0 Å². The molecule has 0 aliphatic carbocycles. The molecule has 0 unspecified atom stereocenters. The number of benzene rings is 2. The van der Waals surface area contributed by atoms with Crippen LogP contribution < -0.4 is 10.6 Å². The zero-order chi connectivity index (χ0) is 16.9. The summed E-state index contributed by atoms with van der Waals surface area (Å²) >= 11 is 0. The van der Waals surface area contributed by atoms with Crippen molar-refractivity contribution in [3.05, 3.63) is 77.4 Å². The molecule has 2 N–H and O–H groups in total. The fourth-order valence-corrected chi connectivity index (χ4v) is 2.45. The number of hydrogen-bond acceptors (Lipinski definition) is 4. The Labute approximate surface area is 140 Å². The predicted octanol–water partition coefficient (Wildman–Crippen LogP) is 4.59. The molecule has 0 saturated heterocycles. The first-order chi connectivity index (χ1) is 11.6. The van der Waals surface area contributed by atoms with Crippen molar-refractivity contribution < 1.29 is 4.39 Å². The second kappa shape index (κ2) is 7.08. The summed E-state index contributed by atoms with van der Waals surface area (Å²) in [4.78, 5) is 8.74. The Morgan fingerprint density at radius 1 is 0.917 bits per heavy atom. The third-order valence-electron chi connectivity index (χ3n) is 3.49. The van der Waals surface area contributed by atoms with Gasteiger partial charge in [0.15, 0.2) is 0 Å². The molecule has 0 aliphatic rings. The molecule has 1 aromatic heterocycles. The van der Waals surface area contributed by atoms with E-state index < -0.39 is 0 Å². The quantitative estimate of drug-likeness (QED) is 0.721. The van der Waals surface area contributed by atoms with E-state index >= 15 is 0 Å². The molecule has 1 heterocycles. The fourth-order valence-electron chi connectivity index (χ4n) is 2.45. The second-order valence-electron chi connectivity index (χ2n) is 5.66. The molecule has 0 fully saturated rings. The van der Waals surface area contributed by atoms with E-state index in [9.17, 15) is 4.39 Å². The van der Waals surface area contributed by atoms with Gasteiger partial charge in [-0.3, -0.25) is 0 Å². The van der Waals surface area contributed by atoms with Gasteiger partial charge in [-0.25, -0.2) is 14.4 Å². The first kappa shape index (κ1) is 15.9. The van der Waals surface area contributed by atoms with E-state index in [2.05, 4.69) is 45.7 Å². The van der Waals surface area contributed by atoms with E-state index in [4.69, 9.17) is 0 Å². The van der Waals surface area contributed by atoms with Crippen molar-refractivity contribution in [2.24, 2.45) is 0 Å². The highest BCUT2D eigenvalue weighted by atomic mass is 19.1. The Morgan fingerprint density at radius 3 is 2.50 bits per heavy atom. The van der Waals surface area contributed by atoms with Crippen LogP contribution in [0.1, 0.15) is 17.0 Å². The van der Waals surface area contributed by atoms with E-state index in [0.29, 0.717) is 23.9 Å². The molecule has 0 amide bonds. The Balaban J connectivity index is 1.73. The average molecular weight is 322 g/mol. The van der Waals surface area contributed by atoms with Gasteiger partial charge < -0.3 is 10.6 Å². The first-order valence-electron chi connectivity index (χ1n) is 7.76. The van der Waals surface area contributed by atoms with Crippen molar-refractivity contribution in [2.75, 3.05) is 10.6 Å². The molecule has 0 saturated carbocycles. The zero-order valence-electron chi connectivity index (χ0n) is 13.7. The predicted molar refractivity (Wildman–Crippen MR) is 95.0 cm³/mol. The number of aryl methyl sites for hydroxylation is 2. The van der Waals surface area contributed by atoms with Crippen LogP contribution in [-0.4, -0.2) is 9.97 Å². The second-order valence-corrected chi connectivity index (χ2v) is 5.66. The van der Waals surface area contributed by atoms with Gasteiger partial charge in [-0.15, -0.1) is 0 Å². The molecule has 122 valence electrons. The van der Waals surface area contributed by atoms with Crippen LogP contribution in [0, 0.1) is 19.7 Å². The lowest BCUT2D eigenvalue weighted by Gasteiger charge is -2.11. The summed E-state index contributed by atoms with van der Waals surface area (Å²) in [7, 11) is 0. The fraction of sp³-hybridized carbons (Fsp3) is 0.158. The van der Waals surface area contributed by atoms with Crippen LogP contribution in [0.25, 0.3) is 0 Å². The van der Waals surface area contributed by atoms with Crippen LogP contribution in [0.3, 0.4) is 0 Å². The van der Waals surface area contributed by atoms with Crippen molar-refractivity contribution >= 4 is 17.3 Å². The van der Waals surface area contributed by atoms with E-state index in [1.54, 1.807) is 12.1 Å². The van der Waals surface area contributed by atoms with Crippen LogP contribution >= 0.6 is 0 Å². The van der Waals surface area contributed by atoms with Gasteiger partial charge in [0.25, 0.3) is 0 Å². The third kappa shape index (κ3) is 4.29. The summed E-state index contributed by atoms with van der Waals surface area (Å²) < 4.78 is 13.3. The average Bonchev–Trinajstić information content (AvgIpc) is 2.52. The molecule has 4 nitrogen and oxygen atoms in total. The molecular weight excluding hydrogens is 303 g/mol. The molecule has 0 bridgehead atoms. The minimum atomic E-state index is -0.288. The van der Waals surface area contributed by atoms with E-state index in [1.165, 1.54) is 23.3 Å². The summed E-state index contributed by atoms with van der Waals surface area (Å²) in [6.07, 6.45) is 0. The Hall–Kier alpha value is -2.95. The summed E-state index contributed by atoms with van der Waals surface area (Å²) in [5.41, 5.74) is 3.06. The van der Waals surface area contributed by atoms with Gasteiger partial charge in [-0.1, -0.05) is 35.9 Å². The number of anilines is 3. The lowest BCUT2D eigenvalue weighted by molar-refractivity contribution is 0.628. The first-order valence-corrected chi connectivity index (χ1v) is 7.76. The number of aromatic nitrogens is 2. The summed E-state index contributed by atoms with van der Waals surface area (Å²) in [6, 6.07) is 16.4. The van der Waals surface area contributed by atoms with Gasteiger partial charge in [-0.05, 0) is 37.6 Å².